The quantitative estimate of drug-likeness (QED) is 0.0686. The van der Waals surface area contributed by atoms with E-state index in [2.05, 4.69) is 30.7 Å². The number of hydrogen-bond donors (Lipinski definition) is 2. The number of nitro benzene ring substituents is 2. The van der Waals surface area contributed by atoms with Gasteiger partial charge < -0.3 is 20.4 Å². The maximum atomic E-state index is 12.9. The molecule has 2 aromatic heterocycles. The molecule has 0 fully saturated rings. The van der Waals surface area contributed by atoms with E-state index in [1.54, 1.807) is 0 Å². The maximum Gasteiger partial charge on any atom is 3.00 e. The molecule has 0 unspecified atom stereocenters. The summed E-state index contributed by atoms with van der Waals surface area (Å²) < 4.78 is 48.3. The molecule has 28 heteroatoms. The van der Waals surface area contributed by atoms with E-state index in [4.69, 9.17) is 10.3 Å². The predicted octanol–water partition coefficient (Wildman–Crippen LogP) is 2.97. The van der Waals surface area contributed by atoms with E-state index < -0.39 is 75.4 Å². The first-order valence-electron chi connectivity index (χ1n) is 20.1. The second-order valence-electron chi connectivity index (χ2n) is 16.5. The number of nitro groups is 2. The van der Waals surface area contributed by atoms with Gasteiger partial charge in [-0.05, 0) is 97.2 Å². The third-order valence-electron chi connectivity index (χ3n) is 11.1. The molecule has 0 amide bonds. The molecule has 4 N–H and O–H groups in total. The van der Waals surface area contributed by atoms with Crippen LogP contribution < -0.4 is 60.3 Å². The number of aryl methyl sites for hydroxylation is 2. The number of nitrogens with two attached hydrogens (primary N) is 2. The van der Waals surface area contributed by atoms with E-state index in [9.17, 15) is 57.5 Å². The van der Waals surface area contributed by atoms with Gasteiger partial charge in [0, 0.05) is 35.4 Å². The molecule has 0 saturated carbocycles. The van der Waals surface area contributed by atoms with Crippen LogP contribution in [0, 0.1) is 34.1 Å². The van der Waals surface area contributed by atoms with Crippen LogP contribution in [0.1, 0.15) is 76.9 Å². The fraction of sp³-hybridized carbons (Fsp3) is 0.286. The van der Waals surface area contributed by atoms with E-state index in [0.29, 0.717) is 24.0 Å². The Kier molecular flexibility index (Phi) is 18.5. The minimum Gasteiger partial charge on any atom is -0.866 e. The third kappa shape index (κ3) is 12.8. The summed E-state index contributed by atoms with van der Waals surface area (Å²) in [4.78, 5) is 20.8. The molecular formula is C42H44CrN12NaO12S2. The zero-order valence-corrected chi connectivity index (χ0v) is 44.0. The van der Waals surface area contributed by atoms with Gasteiger partial charge in [-0.25, -0.2) is 36.5 Å². The molecule has 0 atom stereocenters. The van der Waals surface area contributed by atoms with Crippen molar-refractivity contribution in [2.75, 3.05) is 0 Å². The molecule has 6 aromatic rings. The second kappa shape index (κ2) is 22.3. The number of primary sulfonamides is 2. The molecule has 0 aliphatic rings. The first-order valence-corrected chi connectivity index (χ1v) is 23.2. The predicted molar refractivity (Wildman–Crippen MR) is 238 cm³/mol. The van der Waals surface area contributed by atoms with E-state index >= 15 is 0 Å². The molecule has 6 rings (SSSR count). The van der Waals surface area contributed by atoms with Crippen LogP contribution >= 0.6 is 0 Å². The molecule has 0 spiro atoms. The number of aromatic nitrogens is 4. The summed E-state index contributed by atoms with van der Waals surface area (Å²) in [6.45, 7) is 14.3. The molecule has 0 bridgehead atoms. The van der Waals surface area contributed by atoms with Crippen LogP contribution in [0.5, 0.6) is 23.3 Å². The average Bonchev–Trinajstić information content (AvgIpc) is 3.72. The van der Waals surface area contributed by atoms with Crippen molar-refractivity contribution in [3.63, 3.8) is 0 Å². The van der Waals surface area contributed by atoms with Gasteiger partial charge in [-0.1, -0.05) is 53.7 Å². The van der Waals surface area contributed by atoms with Crippen molar-refractivity contribution in [1.82, 2.24) is 19.6 Å². The summed E-state index contributed by atoms with van der Waals surface area (Å²) >= 11 is 0. The molecule has 0 saturated heterocycles. The minimum atomic E-state index is -4.01. The molecule has 2 heterocycles. The Labute approximate surface area is 434 Å². The number of sulfonamides is 2. The Morgan fingerprint density at radius 1 is 0.600 bits per heavy atom. The minimum absolute atomic E-state index is 0. The summed E-state index contributed by atoms with van der Waals surface area (Å²) in [5.74, 6) is -3.30. The zero-order chi connectivity index (χ0) is 50.8. The molecule has 4 aromatic carbocycles. The zero-order valence-electron chi connectivity index (χ0n) is 39.1. The van der Waals surface area contributed by atoms with Crippen molar-refractivity contribution in [3.05, 3.63) is 116 Å². The van der Waals surface area contributed by atoms with E-state index in [1.165, 1.54) is 86.6 Å². The fourth-order valence-electron chi connectivity index (χ4n) is 6.17. The van der Waals surface area contributed by atoms with Gasteiger partial charge in [-0.2, -0.15) is 20.4 Å². The van der Waals surface area contributed by atoms with E-state index in [1.807, 2.05) is 41.5 Å². The normalized spacial score (nSPS) is 12.0. The van der Waals surface area contributed by atoms with Gasteiger partial charge in [0.2, 0.25) is 20.0 Å². The summed E-state index contributed by atoms with van der Waals surface area (Å²) in [5.41, 5.74) is -1.55. The van der Waals surface area contributed by atoms with Crippen LogP contribution in [-0.2, 0) is 48.2 Å². The van der Waals surface area contributed by atoms with Gasteiger partial charge >= 0.3 is 46.9 Å². The summed E-state index contributed by atoms with van der Waals surface area (Å²) in [6, 6.07) is 15.9. The number of hydrogen-bond acceptors (Lipinski definition) is 18. The van der Waals surface area contributed by atoms with Gasteiger partial charge in [0.1, 0.15) is 11.4 Å². The summed E-state index contributed by atoms with van der Waals surface area (Å²) in [5, 5.41) is 108. The van der Waals surface area contributed by atoms with Gasteiger partial charge in [0.15, 0.2) is 0 Å². The Morgan fingerprint density at radius 3 is 1.21 bits per heavy atom. The fourth-order valence-corrected chi connectivity index (χ4v) is 7.28. The van der Waals surface area contributed by atoms with Gasteiger partial charge in [-0.3, -0.25) is 20.2 Å². The van der Waals surface area contributed by atoms with Crippen LogP contribution in [0.3, 0.4) is 0 Å². The van der Waals surface area contributed by atoms with Crippen molar-refractivity contribution < 1.29 is 94.0 Å². The molecule has 0 aliphatic heterocycles. The van der Waals surface area contributed by atoms with Crippen LogP contribution in [0.2, 0.25) is 0 Å². The van der Waals surface area contributed by atoms with Crippen molar-refractivity contribution in [2.45, 2.75) is 88.9 Å². The van der Waals surface area contributed by atoms with E-state index in [-0.39, 0.29) is 102 Å². The molecule has 70 heavy (non-hydrogen) atoms. The van der Waals surface area contributed by atoms with Gasteiger partial charge in [0.05, 0.1) is 53.8 Å². The Morgan fingerprint density at radius 2 is 0.929 bits per heavy atom. The van der Waals surface area contributed by atoms with Crippen molar-refractivity contribution >= 4 is 54.2 Å². The Hall–Kier alpha value is -6.15. The SMILES string of the molecule is CCC(C)(C)c1cc(N=Nc2c(C)nn(-c3cccc(S(N)(=O)=O)c3)c2[O-])c([O-])c([N+](=O)[O-])c1.CCC(C)(C)c1cc(N=Nc2c(C)nn(-c3cccc(S(N)(=O)=O)c3)c2[O-])c([O-])c([N+](=O)[O-])c1.[Cr+3].[Na+]. The van der Waals surface area contributed by atoms with Crippen molar-refractivity contribution in [3.8, 4) is 34.6 Å². The van der Waals surface area contributed by atoms with Crippen LogP contribution in [0.4, 0.5) is 34.1 Å². The standard InChI is InChI=1S/2C21H24N6O6S.Cr.Na/c2*1-5-21(3,4)13-9-16(19(28)17(10-13)27(30)31)23-24-18-12(2)25-26(20(18)29)14-7-6-8-15(11-14)34(22,32)33;;/h2*6-11,28-29H,5H2,1-4H3,(H2,22,32,33);;/q;;+3;+1/p-4. The molecule has 363 valence electrons. The van der Waals surface area contributed by atoms with E-state index in [0.717, 1.165) is 9.36 Å². The number of benzene rings is 4. The molecule has 1 radical (unpaired) electrons. The summed E-state index contributed by atoms with van der Waals surface area (Å²) in [6.07, 6.45) is 1.29. The van der Waals surface area contributed by atoms with Crippen molar-refractivity contribution in [2.24, 2.45) is 30.7 Å². The number of azo groups is 2. The Balaban J connectivity index is 0.000000360. The number of rotatable bonds is 14. The Bertz CT molecular complexity index is 3050. The van der Waals surface area contributed by atoms with Crippen LogP contribution in [0.15, 0.2) is 103 Å². The first-order chi connectivity index (χ1) is 31.5. The second-order valence-corrected chi connectivity index (χ2v) is 19.6. The maximum absolute atomic E-state index is 12.9. The third-order valence-corrected chi connectivity index (χ3v) is 12.9. The number of nitrogens with zero attached hydrogens (tertiary/aromatic N) is 10. The molecule has 24 nitrogen and oxygen atoms in total. The van der Waals surface area contributed by atoms with Crippen LogP contribution in [0.25, 0.3) is 11.4 Å². The van der Waals surface area contributed by atoms with Crippen molar-refractivity contribution in [1.29, 1.82) is 0 Å². The summed E-state index contributed by atoms with van der Waals surface area (Å²) in [7, 11) is -8.01. The van der Waals surface area contributed by atoms with Gasteiger partial charge in [0.25, 0.3) is 11.4 Å². The first kappa shape index (κ1) is 58.2. The largest absolute Gasteiger partial charge is 3.00 e. The molecule has 0 aliphatic carbocycles. The smallest absolute Gasteiger partial charge is 0.866 e. The topological polar surface area (TPSA) is 384 Å². The average molecular weight is 1050 g/mol. The van der Waals surface area contributed by atoms with Crippen LogP contribution in [-0.4, -0.2) is 46.2 Å². The molecular weight excluding hydrogens is 1000 g/mol. The van der Waals surface area contributed by atoms with Gasteiger partial charge in [-0.15, -0.1) is 10.2 Å². The monoisotopic (exact) mass is 1050 g/mol.